The third-order valence-electron chi connectivity index (χ3n) is 1.86. The van der Waals surface area contributed by atoms with Crippen LogP contribution in [0.2, 0.25) is 0 Å². The SMILES string of the molecule is C/C=C(\COC)c1ccc(F)cc1.CC.CO. The lowest BCUT2D eigenvalue weighted by Gasteiger charge is -2.05. The van der Waals surface area contributed by atoms with Crippen LogP contribution in [-0.4, -0.2) is 25.9 Å². The van der Waals surface area contributed by atoms with Crippen molar-refractivity contribution in [2.45, 2.75) is 20.8 Å². The monoisotopic (exact) mass is 242 g/mol. The zero-order chi connectivity index (χ0) is 13.7. The minimum absolute atomic E-state index is 0.211. The molecule has 17 heavy (non-hydrogen) atoms. The average Bonchev–Trinajstić information content (AvgIpc) is 2.42. The molecular formula is C14H23FO2. The van der Waals surface area contributed by atoms with Crippen LogP contribution in [0.4, 0.5) is 4.39 Å². The van der Waals surface area contributed by atoms with Crippen LogP contribution in [0.1, 0.15) is 26.3 Å². The minimum Gasteiger partial charge on any atom is -0.400 e. The van der Waals surface area contributed by atoms with Gasteiger partial charge < -0.3 is 9.84 Å². The Balaban J connectivity index is 0. The highest BCUT2D eigenvalue weighted by Gasteiger charge is 1.99. The van der Waals surface area contributed by atoms with E-state index in [9.17, 15) is 4.39 Å². The molecule has 2 nitrogen and oxygen atoms in total. The van der Waals surface area contributed by atoms with E-state index in [0.717, 1.165) is 18.2 Å². The molecule has 1 aromatic rings. The van der Waals surface area contributed by atoms with Crippen LogP contribution in [0.15, 0.2) is 30.3 Å². The molecule has 1 N–H and O–H groups in total. The Bertz CT molecular complexity index is 292. The molecule has 1 aromatic carbocycles. The largest absolute Gasteiger partial charge is 0.400 e. The van der Waals surface area contributed by atoms with Crippen LogP contribution in [0, 0.1) is 5.82 Å². The molecule has 98 valence electrons. The Hall–Kier alpha value is -1.19. The first-order valence-corrected chi connectivity index (χ1v) is 5.62. The van der Waals surface area contributed by atoms with Crippen LogP contribution in [0.25, 0.3) is 5.57 Å². The van der Waals surface area contributed by atoms with Crippen LogP contribution in [0.3, 0.4) is 0 Å². The van der Waals surface area contributed by atoms with Gasteiger partial charge in [-0.3, -0.25) is 0 Å². The number of methoxy groups -OCH3 is 1. The Labute approximate surface area is 104 Å². The number of hydrogen-bond acceptors (Lipinski definition) is 2. The third-order valence-corrected chi connectivity index (χ3v) is 1.86. The smallest absolute Gasteiger partial charge is 0.123 e. The molecular weight excluding hydrogens is 219 g/mol. The summed E-state index contributed by atoms with van der Waals surface area (Å²) in [6.07, 6.45) is 1.97. The summed E-state index contributed by atoms with van der Waals surface area (Å²) in [5.41, 5.74) is 2.08. The van der Waals surface area contributed by atoms with Gasteiger partial charge in [0.05, 0.1) is 6.61 Å². The predicted molar refractivity (Wildman–Crippen MR) is 71.4 cm³/mol. The van der Waals surface area contributed by atoms with Gasteiger partial charge in [0, 0.05) is 14.2 Å². The average molecular weight is 242 g/mol. The molecule has 0 saturated carbocycles. The van der Waals surface area contributed by atoms with E-state index in [1.54, 1.807) is 19.2 Å². The van der Waals surface area contributed by atoms with Gasteiger partial charge in [-0.15, -0.1) is 0 Å². The summed E-state index contributed by atoms with van der Waals surface area (Å²) in [6.45, 7) is 6.50. The zero-order valence-electron chi connectivity index (χ0n) is 11.3. The molecule has 0 saturated heterocycles. The molecule has 0 heterocycles. The summed E-state index contributed by atoms with van der Waals surface area (Å²) in [4.78, 5) is 0. The van der Waals surface area contributed by atoms with Crippen molar-refractivity contribution in [2.75, 3.05) is 20.8 Å². The van der Waals surface area contributed by atoms with E-state index in [2.05, 4.69) is 0 Å². The number of rotatable bonds is 3. The normalized spacial score (nSPS) is 9.71. The van der Waals surface area contributed by atoms with Crippen molar-refractivity contribution in [3.63, 3.8) is 0 Å². The minimum atomic E-state index is -0.211. The van der Waals surface area contributed by atoms with Crippen molar-refractivity contribution in [2.24, 2.45) is 0 Å². The second-order valence-corrected chi connectivity index (χ2v) is 2.75. The van der Waals surface area contributed by atoms with Crippen molar-refractivity contribution in [3.05, 3.63) is 41.7 Å². The van der Waals surface area contributed by atoms with Gasteiger partial charge in [0.15, 0.2) is 0 Å². The third kappa shape index (κ3) is 7.66. The van der Waals surface area contributed by atoms with Gasteiger partial charge in [-0.05, 0) is 30.2 Å². The lowest BCUT2D eigenvalue weighted by Crippen LogP contribution is -1.93. The Morgan fingerprint density at radius 2 is 1.71 bits per heavy atom. The van der Waals surface area contributed by atoms with Crippen molar-refractivity contribution in [1.82, 2.24) is 0 Å². The molecule has 0 aliphatic carbocycles. The lowest BCUT2D eigenvalue weighted by atomic mass is 10.1. The molecule has 0 spiro atoms. The van der Waals surface area contributed by atoms with Gasteiger partial charge in [-0.25, -0.2) is 4.39 Å². The highest BCUT2D eigenvalue weighted by Crippen LogP contribution is 2.14. The maximum absolute atomic E-state index is 12.6. The molecule has 0 unspecified atom stereocenters. The summed E-state index contributed by atoms with van der Waals surface area (Å²) in [6, 6.07) is 6.41. The highest BCUT2D eigenvalue weighted by atomic mass is 19.1. The van der Waals surface area contributed by atoms with Gasteiger partial charge >= 0.3 is 0 Å². The molecule has 0 fully saturated rings. The van der Waals surface area contributed by atoms with Gasteiger partial charge in [-0.1, -0.05) is 32.1 Å². The molecule has 3 heteroatoms. The van der Waals surface area contributed by atoms with Crippen molar-refractivity contribution in [3.8, 4) is 0 Å². The van der Waals surface area contributed by atoms with E-state index in [-0.39, 0.29) is 5.82 Å². The van der Waals surface area contributed by atoms with Crippen molar-refractivity contribution >= 4 is 5.57 Å². The molecule has 0 aromatic heterocycles. The van der Waals surface area contributed by atoms with Crippen LogP contribution < -0.4 is 0 Å². The van der Waals surface area contributed by atoms with Crippen LogP contribution >= 0.6 is 0 Å². The first-order chi connectivity index (χ1) is 8.27. The maximum Gasteiger partial charge on any atom is 0.123 e. The molecule has 1 rings (SSSR count). The molecule has 0 radical (unpaired) electrons. The van der Waals surface area contributed by atoms with Crippen molar-refractivity contribution in [1.29, 1.82) is 0 Å². The first kappa shape index (κ1) is 18.2. The second-order valence-electron chi connectivity index (χ2n) is 2.75. The summed E-state index contributed by atoms with van der Waals surface area (Å²) >= 11 is 0. The summed E-state index contributed by atoms with van der Waals surface area (Å²) in [7, 11) is 2.65. The van der Waals surface area contributed by atoms with Crippen LogP contribution in [0.5, 0.6) is 0 Å². The summed E-state index contributed by atoms with van der Waals surface area (Å²) < 4.78 is 17.6. The van der Waals surface area contributed by atoms with Gasteiger partial charge in [0.2, 0.25) is 0 Å². The quantitative estimate of drug-likeness (QED) is 0.879. The number of halogens is 1. The number of ether oxygens (including phenoxy) is 1. The van der Waals surface area contributed by atoms with E-state index in [4.69, 9.17) is 9.84 Å². The van der Waals surface area contributed by atoms with E-state index >= 15 is 0 Å². The lowest BCUT2D eigenvalue weighted by molar-refractivity contribution is 0.239. The molecule has 0 aliphatic rings. The van der Waals surface area contributed by atoms with Gasteiger partial charge in [-0.2, -0.15) is 0 Å². The molecule has 0 amide bonds. The Morgan fingerprint density at radius 3 is 2.06 bits per heavy atom. The van der Waals surface area contributed by atoms with E-state index < -0.39 is 0 Å². The maximum atomic E-state index is 12.6. The topological polar surface area (TPSA) is 29.5 Å². The summed E-state index contributed by atoms with van der Waals surface area (Å²) in [5, 5.41) is 7.00. The van der Waals surface area contributed by atoms with Gasteiger partial charge in [0.1, 0.15) is 5.82 Å². The van der Waals surface area contributed by atoms with E-state index in [1.807, 2.05) is 26.8 Å². The number of hydrogen-bond donors (Lipinski definition) is 1. The van der Waals surface area contributed by atoms with Crippen molar-refractivity contribution < 1.29 is 14.2 Å². The molecule has 0 aliphatic heterocycles. The number of aliphatic hydroxyl groups is 1. The van der Waals surface area contributed by atoms with E-state index in [1.165, 1.54) is 12.1 Å². The first-order valence-electron chi connectivity index (χ1n) is 5.62. The predicted octanol–water partition coefficient (Wildman–Crippen LogP) is 3.51. The second kappa shape index (κ2) is 12.9. The highest BCUT2D eigenvalue weighted by molar-refractivity contribution is 5.65. The van der Waals surface area contributed by atoms with Crippen LogP contribution in [-0.2, 0) is 4.74 Å². The molecule has 0 bridgehead atoms. The van der Waals surface area contributed by atoms with E-state index in [0.29, 0.717) is 6.61 Å². The fraction of sp³-hybridized carbons (Fsp3) is 0.429. The Kier molecular flexibility index (Phi) is 13.8. The number of allylic oxidation sites excluding steroid dienone is 1. The fourth-order valence-corrected chi connectivity index (χ4v) is 1.15. The standard InChI is InChI=1S/C11H13FO.C2H6.CH4O/c1-3-9(8-13-2)10-4-6-11(12)7-5-10;2*1-2/h3-7H,8H2,1-2H3;1-2H3;2H,1H3/b9-3+;;. The summed E-state index contributed by atoms with van der Waals surface area (Å²) in [5.74, 6) is -0.211. The number of benzene rings is 1. The molecule has 0 atom stereocenters. The Morgan fingerprint density at radius 1 is 1.24 bits per heavy atom. The number of aliphatic hydroxyl groups excluding tert-OH is 1. The fourth-order valence-electron chi connectivity index (χ4n) is 1.15. The zero-order valence-corrected chi connectivity index (χ0v) is 11.3. The van der Waals surface area contributed by atoms with Gasteiger partial charge in [0.25, 0.3) is 0 Å².